The van der Waals surface area contributed by atoms with E-state index in [0.29, 0.717) is 18.2 Å². The quantitative estimate of drug-likeness (QED) is 0.514. The fourth-order valence-corrected chi connectivity index (χ4v) is 2.73. The molecule has 2 fully saturated rings. The van der Waals surface area contributed by atoms with Crippen LogP contribution in [0, 0.1) is 0 Å². The Bertz CT molecular complexity index is 205. The van der Waals surface area contributed by atoms with Crippen LogP contribution in [-0.2, 0) is 4.74 Å². The van der Waals surface area contributed by atoms with Gasteiger partial charge < -0.3 is 10.1 Å². The molecule has 2 aliphatic heterocycles. The van der Waals surface area contributed by atoms with E-state index >= 15 is 0 Å². The summed E-state index contributed by atoms with van der Waals surface area (Å²) in [6.45, 7) is 4.90. The van der Waals surface area contributed by atoms with Crippen LogP contribution in [0.15, 0.2) is 12.7 Å². The lowest BCUT2D eigenvalue weighted by atomic mass is 9.95. The van der Waals surface area contributed by atoms with Crippen molar-refractivity contribution < 1.29 is 4.74 Å². The molecule has 3 atom stereocenters. The molecule has 0 spiro atoms. The molecule has 0 amide bonds. The molecule has 2 bridgehead atoms. The highest BCUT2D eigenvalue weighted by Crippen LogP contribution is 2.34. The standard InChI is InChI=1S/C13H23NO/c1-2-3-4-5-6-9-14-12-10-11-7-8-13(12)15-11/h2,11-14H,1,3-10H2. The molecule has 0 radical (unpaired) electrons. The summed E-state index contributed by atoms with van der Waals surface area (Å²) in [6.07, 6.45) is 12.0. The third-order valence-corrected chi connectivity index (χ3v) is 3.60. The largest absolute Gasteiger partial charge is 0.373 e. The minimum atomic E-state index is 0.531. The summed E-state index contributed by atoms with van der Waals surface area (Å²) < 4.78 is 5.80. The second-order valence-corrected chi connectivity index (χ2v) is 4.81. The molecular weight excluding hydrogens is 186 g/mol. The van der Waals surface area contributed by atoms with Crippen molar-refractivity contribution >= 4 is 0 Å². The molecule has 2 saturated heterocycles. The average Bonchev–Trinajstić information content (AvgIpc) is 2.85. The van der Waals surface area contributed by atoms with Crippen LogP contribution in [0.25, 0.3) is 0 Å². The monoisotopic (exact) mass is 209 g/mol. The first-order valence-corrected chi connectivity index (χ1v) is 6.40. The van der Waals surface area contributed by atoms with Crippen molar-refractivity contribution in [3.05, 3.63) is 12.7 Å². The highest BCUT2D eigenvalue weighted by molar-refractivity contribution is 4.93. The third kappa shape index (κ3) is 3.05. The Morgan fingerprint density at radius 2 is 2.20 bits per heavy atom. The third-order valence-electron chi connectivity index (χ3n) is 3.60. The topological polar surface area (TPSA) is 21.3 Å². The summed E-state index contributed by atoms with van der Waals surface area (Å²) in [5.74, 6) is 0. The van der Waals surface area contributed by atoms with Gasteiger partial charge in [0.15, 0.2) is 0 Å². The molecule has 86 valence electrons. The van der Waals surface area contributed by atoms with Crippen molar-refractivity contribution in [2.45, 2.75) is 63.2 Å². The Hall–Kier alpha value is -0.340. The number of rotatable bonds is 7. The van der Waals surface area contributed by atoms with Gasteiger partial charge in [-0.05, 0) is 45.1 Å². The SMILES string of the molecule is C=CCCCCCNC1CC2CCC1O2. The summed E-state index contributed by atoms with van der Waals surface area (Å²) in [5, 5.41) is 3.64. The number of allylic oxidation sites excluding steroid dienone is 1. The number of unbranched alkanes of at least 4 members (excludes halogenated alkanes) is 3. The van der Waals surface area contributed by atoms with Gasteiger partial charge in [0.25, 0.3) is 0 Å². The van der Waals surface area contributed by atoms with Gasteiger partial charge in [-0.15, -0.1) is 6.58 Å². The van der Waals surface area contributed by atoms with Gasteiger partial charge in [-0.1, -0.05) is 12.5 Å². The van der Waals surface area contributed by atoms with E-state index in [2.05, 4.69) is 11.9 Å². The van der Waals surface area contributed by atoms with Crippen LogP contribution in [0.2, 0.25) is 0 Å². The summed E-state index contributed by atoms with van der Waals surface area (Å²) in [6, 6.07) is 0.656. The molecule has 2 heterocycles. The number of nitrogens with one attached hydrogen (secondary N) is 1. The maximum Gasteiger partial charge on any atom is 0.0733 e. The second kappa shape index (κ2) is 5.66. The Morgan fingerprint density at radius 1 is 1.27 bits per heavy atom. The zero-order valence-corrected chi connectivity index (χ0v) is 9.58. The minimum absolute atomic E-state index is 0.531. The molecule has 0 aromatic rings. The lowest BCUT2D eigenvalue weighted by Crippen LogP contribution is -2.37. The van der Waals surface area contributed by atoms with Gasteiger partial charge in [-0.25, -0.2) is 0 Å². The lowest BCUT2D eigenvalue weighted by molar-refractivity contribution is 0.0974. The smallest absolute Gasteiger partial charge is 0.0733 e. The molecule has 2 rings (SSSR count). The van der Waals surface area contributed by atoms with E-state index in [1.54, 1.807) is 0 Å². The van der Waals surface area contributed by atoms with Crippen molar-refractivity contribution in [3.63, 3.8) is 0 Å². The van der Waals surface area contributed by atoms with E-state index < -0.39 is 0 Å². The van der Waals surface area contributed by atoms with Gasteiger partial charge in [0.1, 0.15) is 0 Å². The van der Waals surface area contributed by atoms with Gasteiger partial charge >= 0.3 is 0 Å². The molecule has 0 aliphatic carbocycles. The minimum Gasteiger partial charge on any atom is -0.373 e. The maximum absolute atomic E-state index is 5.80. The molecule has 3 unspecified atom stereocenters. The molecule has 1 N–H and O–H groups in total. The Kier molecular flexibility index (Phi) is 4.21. The number of hydrogen-bond donors (Lipinski definition) is 1. The first-order chi connectivity index (χ1) is 7.40. The predicted molar refractivity (Wildman–Crippen MR) is 63.0 cm³/mol. The van der Waals surface area contributed by atoms with Crippen molar-refractivity contribution in [1.82, 2.24) is 5.32 Å². The zero-order chi connectivity index (χ0) is 10.5. The molecule has 0 saturated carbocycles. The van der Waals surface area contributed by atoms with Crippen LogP contribution in [0.5, 0.6) is 0 Å². The van der Waals surface area contributed by atoms with Gasteiger partial charge in [0, 0.05) is 6.04 Å². The normalized spacial score (nSPS) is 33.5. The molecule has 2 aliphatic rings. The van der Waals surface area contributed by atoms with Crippen LogP contribution >= 0.6 is 0 Å². The van der Waals surface area contributed by atoms with E-state index in [4.69, 9.17) is 4.74 Å². The molecule has 2 heteroatoms. The molecule has 0 aromatic heterocycles. The number of ether oxygens (including phenoxy) is 1. The Morgan fingerprint density at radius 3 is 2.87 bits per heavy atom. The summed E-state index contributed by atoms with van der Waals surface area (Å²) >= 11 is 0. The van der Waals surface area contributed by atoms with Crippen LogP contribution < -0.4 is 5.32 Å². The maximum atomic E-state index is 5.80. The molecular formula is C13H23NO. The van der Waals surface area contributed by atoms with Crippen molar-refractivity contribution in [2.75, 3.05) is 6.54 Å². The van der Waals surface area contributed by atoms with E-state index in [9.17, 15) is 0 Å². The van der Waals surface area contributed by atoms with E-state index in [1.807, 2.05) is 6.08 Å². The number of fused-ring (bicyclic) bond motifs is 2. The average molecular weight is 209 g/mol. The van der Waals surface area contributed by atoms with E-state index in [1.165, 1.54) is 38.5 Å². The Labute approximate surface area is 93.1 Å². The number of hydrogen-bond acceptors (Lipinski definition) is 2. The van der Waals surface area contributed by atoms with Gasteiger partial charge in [0.2, 0.25) is 0 Å². The van der Waals surface area contributed by atoms with Crippen LogP contribution in [-0.4, -0.2) is 24.8 Å². The first kappa shape index (κ1) is 11.2. The zero-order valence-electron chi connectivity index (χ0n) is 9.58. The fourth-order valence-electron chi connectivity index (χ4n) is 2.73. The van der Waals surface area contributed by atoms with Crippen molar-refractivity contribution in [3.8, 4) is 0 Å². The summed E-state index contributed by atoms with van der Waals surface area (Å²) in [7, 11) is 0. The van der Waals surface area contributed by atoms with E-state index in [0.717, 1.165) is 13.0 Å². The molecule has 0 aromatic carbocycles. The highest BCUT2D eigenvalue weighted by atomic mass is 16.5. The fraction of sp³-hybridized carbons (Fsp3) is 0.846. The summed E-state index contributed by atoms with van der Waals surface area (Å²) in [4.78, 5) is 0. The Balaban J connectivity index is 1.50. The van der Waals surface area contributed by atoms with E-state index in [-0.39, 0.29) is 0 Å². The van der Waals surface area contributed by atoms with Gasteiger partial charge in [0.05, 0.1) is 12.2 Å². The first-order valence-electron chi connectivity index (χ1n) is 6.40. The van der Waals surface area contributed by atoms with Crippen LogP contribution in [0.3, 0.4) is 0 Å². The second-order valence-electron chi connectivity index (χ2n) is 4.81. The van der Waals surface area contributed by atoms with Crippen LogP contribution in [0.4, 0.5) is 0 Å². The van der Waals surface area contributed by atoms with Gasteiger partial charge in [-0.3, -0.25) is 0 Å². The van der Waals surface area contributed by atoms with Crippen molar-refractivity contribution in [1.29, 1.82) is 0 Å². The highest BCUT2D eigenvalue weighted by Gasteiger charge is 2.40. The van der Waals surface area contributed by atoms with Gasteiger partial charge in [-0.2, -0.15) is 0 Å². The predicted octanol–water partition coefficient (Wildman–Crippen LogP) is 2.64. The van der Waals surface area contributed by atoms with Crippen molar-refractivity contribution in [2.24, 2.45) is 0 Å². The van der Waals surface area contributed by atoms with Crippen LogP contribution in [0.1, 0.15) is 44.9 Å². The molecule has 2 nitrogen and oxygen atoms in total. The molecule has 15 heavy (non-hydrogen) atoms. The summed E-state index contributed by atoms with van der Waals surface area (Å²) in [5.41, 5.74) is 0. The lowest BCUT2D eigenvalue weighted by Gasteiger charge is -2.19.